The van der Waals surface area contributed by atoms with Gasteiger partial charge in [-0.3, -0.25) is 4.79 Å². The molecule has 1 spiro atoms. The number of carbonyl (C=O) groups excluding carboxylic acids is 1. The standard InChI is InChI=1S/C15H21NO4S/c17-12-13-4-5-14(20-13)21(18,19)16-10-8-15(9-11-16)6-2-1-3-7-15/h4-5,12H,1-3,6-11H2. The topological polar surface area (TPSA) is 67.6 Å². The zero-order valence-corrected chi connectivity index (χ0v) is 12.9. The summed E-state index contributed by atoms with van der Waals surface area (Å²) in [6.07, 6.45) is 8.72. The molecule has 2 aliphatic rings. The molecular weight excluding hydrogens is 290 g/mol. The molecule has 6 heteroatoms. The minimum absolute atomic E-state index is 0.0503. The van der Waals surface area contributed by atoms with Crippen LogP contribution in [0.3, 0.4) is 0 Å². The van der Waals surface area contributed by atoms with Gasteiger partial charge in [0.25, 0.3) is 10.0 Å². The Kier molecular flexibility index (Phi) is 3.92. The van der Waals surface area contributed by atoms with E-state index in [1.807, 2.05) is 0 Å². The quantitative estimate of drug-likeness (QED) is 0.805. The number of hydrogen-bond acceptors (Lipinski definition) is 4. The van der Waals surface area contributed by atoms with Crippen molar-refractivity contribution in [3.8, 4) is 0 Å². The molecule has 3 rings (SSSR count). The zero-order valence-electron chi connectivity index (χ0n) is 12.1. The van der Waals surface area contributed by atoms with Crippen molar-refractivity contribution in [1.29, 1.82) is 0 Å². The van der Waals surface area contributed by atoms with E-state index in [1.165, 1.54) is 48.5 Å². The SMILES string of the molecule is O=Cc1ccc(S(=O)(=O)N2CCC3(CCCCC3)CC2)o1. The van der Waals surface area contributed by atoms with Gasteiger partial charge in [0.1, 0.15) is 0 Å². The average molecular weight is 311 g/mol. The predicted molar refractivity (Wildman–Crippen MR) is 77.6 cm³/mol. The molecule has 0 N–H and O–H groups in total. The molecule has 0 aromatic carbocycles. The van der Waals surface area contributed by atoms with Crippen LogP contribution in [0.4, 0.5) is 0 Å². The number of furan rings is 1. The molecule has 1 aromatic rings. The molecule has 2 fully saturated rings. The molecule has 1 saturated heterocycles. The van der Waals surface area contributed by atoms with Gasteiger partial charge >= 0.3 is 0 Å². The first-order valence-corrected chi connectivity index (χ1v) is 9.05. The van der Waals surface area contributed by atoms with E-state index in [-0.39, 0.29) is 10.9 Å². The summed E-state index contributed by atoms with van der Waals surface area (Å²) < 4.78 is 31.6. The minimum atomic E-state index is -3.60. The van der Waals surface area contributed by atoms with Crippen LogP contribution < -0.4 is 0 Å². The Hall–Kier alpha value is -1.14. The van der Waals surface area contributed by atoms with Crippen LogP contribution in [0.15, 0.2) is 21.6 Å². The van der Waals surface area contributed by atoms with E-state index >= 15 is 0 Å². The van der Waals surface area contributed by atoms with Gasteiger partial charge in [-0.05, 0) is 43.2 Å². The zero-order chi connectivity index (χ0) is 14.9. The van der Waals surface area contributed by atoms with Gasteiger partial charge in [-0.25, -0.2) is 8.42 Å². The maximum atomic E-state index is 12.5. The molecule has 1 aliphatic heterocycles. The molecular formula is C15H21NO4S. The molecule has 1 aromatic heterocycles. The molecule has 116 valence electrons. The molecule has 5 nitrogen and oxygen atoms in total. The van der Waals surface area contributed by atoms with E-state index in [1.54, 1.807) is 0 Å². The lowest BCUT2D eigenvalue weighted by Gasteiger charge is -2.43. The Labute approximate surface area is 125 Å². The van der Waals surface area contributed by atoms with E-state index in [0.29, 0.717) is 24.8 Å². The van der Waals surface area contributed by atoms with Gasteiger partial charge in [0.2, 0.25) is 5.09 Å². The summed E-state index contributed by atoms with van der Waals surface area (Å²) in [5, 5.41) is -0.121. The molecule has 1 saturated carbocycles. The summed E-state index contributed by atoms with van der Waals surface area (Å²) in [5.74, 6) is 0.0503. The van der Waals surface area contributed by atoms with Gasteiger partial charge in [-0.1, -0.05) is 19.3 Å². The van der Waals surface area contributed by atoms with Crippen LogP contribution in [0.25, 0.3) is 0 Å². The van der Waals surface area contributed by atoms with E-state index in [0.717, 1.165) is 12.8 Å². The van der Waals surface area contributed by atoms with Gasteiger partial charge in [-0.15, -0.1) is 0 Å². The highest BCUT2D eigenvalue weighted by molar-refractivity contribution is 7.89. The Bertz CT molecular complexity index is 603. The second-order valence-electron chi connectivity index (χ2n) is 6.24. The number of aldehydes is 1. The fourth-order valence-corrected chi connectivity index (χ4v) is 5.03. The Morgan fingerprint density at radius 2 is 1.71 bits per heavy atom. The van der Waals surface area contributed by atoms with Gasteiger partial charge in [0.15, 0.2) is 12.0 Å². The van der Waals surface area contributed by atoms with Crippen molar-refractivity contribution in [2.45, 2.75) is 50.0 Å². The molecule has 0 radical (unpaired) electrons. The molecule has 1 aliphatic carbocycles. The summed E-state index contributed by atoms with van der Waals surface area (Å²) in [6.45, 7) is 1.11. The molecule has 2 heterocycles. The monoisotopic (exact) mass is 311 g/mol. The minimum Gasteiger partial charge on any atom is -0.440 e. The fourth-order valence-electron chi connectivity index (χ4n) is 3.67. The fraction of sp³-hybridized carbons (Fsp3) is 0.667. The van der Waals surface area contributed by atoms with Crippen LogP contribution in [0, 0.1) is 5.41 Å². The average Bonchev–Trinajstić information content (AvgIpc) is 2.98. The first-order chi connectivity index (χ1) is 10.1. The van der Waals surface area contributed by atoms with Crippen LogP contribution in [0.2, 0.25) is 0 Å². The summed E-state index contributed by atoms with van der Waals surface area (Å²) in [4.78, 5) is 10.6. The van der Waals surface area contributed by atoms with E-state index in [2.05, 4.69) is 0 Å². The van der Waals surface area contributed by atoms with Crippen LogP contribution in [-0.4, -0.2) is 32.1 Å². The highest BCUT2D eigenvalue weighted by Gasteiger charge is 2.39. The second-order valence-corrected chi connectivity index (χ2v) is 8.11. The van der Waals surface area contributed by atoms with Gasteiger partial charge in [0, 0.05) is 13.1 Å². The van der Waals surface area contributed by atoms with Crippen molar-refractivity contribution in [2.75, 3.05) is 13.1 Å². The summed E-state index contributed by atoms with van der Waals surface area (Å²) in [5.41, 5.74) is 0.362. The third-order valence-electron chi connectivity index (χ3n) is 5.01. The lowest BCUT2D eigenvalue weighted by molar-refractivity contribution is 0.101. The predicted octanol–water partition coefficient (Wildman–Crippen LogP) is 2.83. The van der Waals surface area contributed by atoms with E-state index in [9.17, 15) is 13.2 Å². The lowest BCUT2D eigenvalue weighted by Crippen LogP contribution is -2.43. The van der Waals surface area contributed by atoms with Gasteiger partial charge in [-0.2, -0.15) is 4.31 Å². The second kappa shape index (κ2) is 5.57. The Balaban J connectivity index is 1.72. The number of sulfonamides is 1. The Morgan fingerprint density at radius 1 is 1.05 bits per heavy atom. The number of nitrogens with zero attached hydrogens (tertiary/aromatic N) is 1. The molecule has 0 amide bonds. The Morgan fingerprint density at radius 3 is 2.29 bits per heavy atom. The molecule has 0 bridgehead atoms. The van der Waals surface area contributed by atoms with E-state index < -0.39 is 10.0 Å². The lowest BCUT2D eigenvalue weighted by atomic mass is 9.68. The van der Waals surface area contributed by atoms with Gasteiger partial charge in [0.05, 0.1) is 0 Å². The smallest absolute Gasteiger partial charge is 0.276 e. The highest BCUT2D eigenvalue weighted by atomic mass is 32.2. The maximum Gasteiger partial charge on any atom is 0.276 e. The number of piperidine rings is 1. The molecule has 0 unspecified atom stereocenters. The van der Waals surface area contributed by atoms with Crippen LogP contribution in [0.1, 0.15) is 55.5 Å². The maximum absolute atomic E-state index is 12.5. The van der Waals surface area contributed by atoms with Crippen molar-refractivity contribution >= 4 is 16.3 Å². The van der Waals surface area contributed by atoms with Crippen molar-refractivity contribution in [3.63, 3.8) is 0 Å². The van der Waals surface area contributed by atoms with E-state index in [4.69, 9.17) is 4.42 Å². The highest BCUT2D eigenvalue weighted by Crippen LogP contribution is 2.45. The molecule has 0 atom stereocenters. The normalized spacial score (nSPS) is 23.2. The summed E-state index contributed by atoms with van der Waals surface area (Å²) in [6, 6.07) is 2.76. The molecule has 21 heavy (non-hydrogen) atoms. The van der Waals surface area contributed by atoms with Crippen LogP contribution in [0.5, 0.6) is 0 Å². The van der Waals surface area contributed by atoms with Crippen LogP contribution >= 0.6 is 0 Å². The van der Waals surface area contributed by atoms with Gasteiger partial charge < -0.3 is 4.42 Å². The largest absolute Gasteiger partial charge is 0.440 e. The first-order valence-electron chi connectivity index (χ1n) is 7.61. The number of carbonyl (C=O) groups is 1. The van der Waals surface area contributed by atoms with Crippen molar-refractivity contribution in [2.24, 2.45) is 5.41 Å². The number of hydrogen-bond donors (Lipinski definition) is 0. The first kappa shape index (κ1) is 14.8. The van der Waals surface area contributed by atoms with Crippen LogP contribution in [-0.2, 0) is 10.0 Å². The third kappa shape index (κ3) is 2.79. The van der Waals surface area contributed by atoms with Crippen molar-refractivity contribution < 1.29 is 17.6 Å². The summed E-state index contributed by atoms with van der Waals surface area (Å²) >= 11 is 0. The van der Waals surface area contributed by atoms with Crippen molar-refractivity contribution in [1.82, 2.24) is 4.31 Å². The third-order valence-corrected chi connectivity index (χ3v) is 6.78. The summed E-state index contributed by atoms with van der Waals surface area (Å²) in [7, 11) is -3.60. The number of rotatable bonds is 3. The van der Waals surface area contributed by atoms with Crippen molar-refractivity contribution in [3.05, 3.63) is 17.9 Å².